The van der Waals surface area contributed by atoms with Crippen LogP contribution in [0.25, 0.3) is 11.3 Å². The van der Waals surface area contributed by atoms with E-state index in [9.17, 15) is 26.4 Å². The van der Waals surface area contributed by atoms with E-state index in [2.05, 4.69) is 4.98 Å². The highest BCUT2D eigenvalue weighted by atomic mass is 32.2. The largest absolute Gasteiger partial charge is 0.416 e. The van der Waals surface area contributed by atoms with Crippen molar-refractivity contribution in [3.8, 4) is 11.3 Å². The Bertz CT molecular complexity index is 1270. The zero-order valence-corrected chi connectivity index (χ0v) is 19.1. The molecule has 1 amide bonds. The van der Waals surface area contributed by atoms with E-state index in [4.69, 9.17) is 0 Å². The van der Waals surface area contributed by atoms with Gasteiger partial charge in [-0.05, 0) is 31.0 Å². The first-order valence-electron chi connectivity index (χ1n) is 10.6. The number of alkyl halides is 3. The average Bonchev–Trinajstić information content (AvgIpc) is 3.34. The van der Waals surface area contributed by atoms with Gasteiger partial charge in [0.05, 0.1) is 16.2 Å². The van der Waals surface area contributed by atoms with Crippen molar-refractivity contribution in [1.29, 1.82) is 0 Å². The first kappa shape index (κ1) is 24.0. The van der Waals surface area contributed by atoms with E-state index in [-0.39, 0.29) is 25.2 Å². The van der Waals surface area contributed by atoms with Crippen molar-refractivity contribution in [3.63, 3.8) is 0 Å². The molecule has 0 saturated carbocycles. The van der Waals surface area contributed by atoms with Gasteiger partial charge in [0.25, 0.3) is 0 Å². The van der Waals surface area contributed by atoms with Gasteiger partial charge in [0.1, 0.15) is 6.33 Å². The summed E-state index contributed by atoms with van der Waals surface area (Å²) >= 11 is 0. The van der Waals surface area contributed by atoms with Gasteiger partial charge >= 0.3 is 12.2 Å². The number of halogens is 3. The fraction of sp³-hybridized carbons (Fsp3) is 0.304. The minimum absolute atomic E-state index is 0.0973. The third-order valence-electron chi connectivity index (χ3n) is 5.95. The zero-order valence-electron chi connectivity index (χ0n) is 18.3. The van der Waals surface area contributed by atoms with Gasteiger partial charge in [0.15, 0.2) is 0 Å². The summed E-state index contributed by atoms with van der Waals surface area (Å²) < 4.78 is 67.4. The van der Waals surface area contributed by atoms with Crippen molar-refractivity contribution in [2.45, 2.75) is 30.0 Å². The molecule has 11 heteroatoms. The van der Waals surface area contributed by atoms with Gasteiger partial charge in [-0.25, -0.2) is 18.2 Å². The monoisotopic (exact) mass is 492 g/mol. The summed E-state index contributed by atoms with van der Waals surface area (Å²) in [5.41, 5.74) is 0.526. The van der Waals surface area contributed by atoms with E-state index in [0.29, 0.717) is 24.6 Å². The van der Waals surface area contributed by atoms with Crippen molar-refractivity contribution >= 4 is 16.1 Å². The molecule has 4 rings (SSSR count). The molecule has 0 radical (unpaired) electrons. The number of sulfonamides is 1. The number of nitrogens with zero attached hydrogens (tertiary/aromatic N) is 4. The second-order valence-corrected chi connectivity index (χ2v) is 10.0. The first-order chi connectivity index (χ1) is 16.1. The highest BCUT2D eigenvalue weighted by Crippen LogP contribution is 2.32. The molecule has 34 heavy (non-hydrogen) atoms. The molecule has 1 fully saturated rings. The Hall–Kier alpha value is -3.18. The summed E-state index contributed by atoms with van der Waals surface area (Å²) in [5.74, 6) is 0. The Morgan fingerprint density at radius 1 is 1.06 bits per heavy atom. The van der Waals surface area contributed by atoms with Crippen LogP contribution < -0.4 is 0 Å². The molecule has 7 nitrogen and oxygen atoms in total. The number of hydrogen-bond donors (Lipinski definition) is 0. The van der Waals surface area contributed by atoms with Crippen LogP contribution >= 0.6 is 0 Å². The van der Waals surface area contributed by atoms with Crippen LogP contribution in [-0.4, -0.2) is 59.4 Å². The molecule has 0 atom stereocenters. The molecular formula is C23H23F3N4O3S. The van der Waals surface area contributed by atoms with E-state index in [0.717, 1.165) is 23.8 Å². The van der Waals surface area contributed by atoms with Gasteiger partial charge in [-0.2, -0.15) is 17.5 Å². The first-order valence-corrected chi connectivity index (χ1v) is 12.1. The van der Waals surface area contributed by atoms with Crippen LogP contribution in [0.4, 0.5) is 18.0 Å². The highest BCUT2D eigenvalue weighted by molar-refractivity contribution is 7.89. The Morgan fingerprint density at radius 3 is 2.38 bits per heavy atom. The molecule has 180 valence electrons. The maximum Gasteiger partial charge on any atom is 0.416 e. The van der Waals surface area contributed by atoms with Crippen molar-refractivity contribution in [3.05, 3.63) is 72.7 Å². The second kappa shape index (κ2) is 9.22. The lowest BCUT2D eigenvalue weighted by Crippen LogP contribution is -2.48. The number of benzene rings is 2. The van der Waals surface area contributed by atoms with Crippen LogP contribution in [0.1, 0.15) is 18.4 Å². The van der Waals surface area contributed by atoms with Crippen LogP contribution in [0.3, 0.4) is 0 Å². The topological polar surface area (TPSA) is 75.5 Å². The molecule has 2 aromatic carbocycles. The summed E-state index contributed by atoms with van der Waals surface area (Å²) in [6.07, 6.45) is -0.827. The number of imidazole rings is 1. The lowest BCUT2D eigenvalue weighted by atomic mass is 10.1. The van der Waals surface area contributed by atoms with Gasteiger partial charge in [0, 0.05) is 37.9 Å². The van der Waals surface area contributed by atoms with Gasteiger partial charge in [0.2, 0.25) is 10.0 Å². The van der Waals surface area contributed by atoms with Crippen LogP contribution in [-0.2, 0) is 16.2 Å². The number of hydrogen-bond acceptors (Lipinski definition) is 4. The van der Waals surface area contributed by atoms with Crippen LogP contribution in [0, 0.1) is 0 Å². The molecule has 1 aromatic heterocycles. The number of aromatic nitrogens is 2. The lowest BCUT2D eigenvalue weighted by Gasteiger charge is -2.36. The molecule has 0 N–H and O–H groups in total. The smallest absolute Gasteiger partial charge is 0.324 e. The summed E-state index contributed by atoms with van der Waals surface area (Å²) in [5, 5.41) is 0. The number of piperidine rings is 1. The van der Waals surface area contributed by atoms with Gasteiger partial charge < -0.3 is 4.90 Å². The van der Waals surface area contributed by atoms with Gasteiger partial charge in [-0.3, -0.25) is 4.57 Å². The number of rotatable bonds is 4. The quantitative estimate of drug-likeness (QED) is 0.544. The average molecular weight is 493 g/mol. The third kappa shape index (κ3) is 4.85. The van der Waals surface area contributed by atoms with Gasteiger partial charge in [-0.1, -0.05) is 36.4 Å². The second-order valence-electron chi connectivity index (χ2n) is 8.09. The fourth-order valence-corrected chi connectivity index (χ4v) is 5.49. The molecule has 1 aliphatic heterocycles. The maximum atomic E-state index is 13.0. The summed E-state index contributed by atoms with van der Waals surface area (Å²) in [7, 11) is -2.43. The molecule has 0 aliphatic carbocycles. The van der Waals surface area contributed by atoms with E-state index >= 15 is 0 Å². The molecule has 0 spiro atoms. The van der Waals surface area contributed by atoms with Gasteiger partial charge in [-0.15, -0.1) is 0 Å². The van der Waals surface area contributed by atoms with Crippen LogP contribution in [0.15, 0.2) is 72.0 Å². The number of carbonyl (C=O) groups is 1. The lowest BCUT2D eigenvalue weighted by molar-refractivity contribution is -0.137. The molecule has 1 aliphatic rings. The minimum atomic E-state index is -4.63. The third-order valence-corrected chi connectivity index (χ3v) is 7.84. The van der Waals surface area contributed by atoms with Crippen molar-refractivity contribution < 1.29 is 26.4 Å². The minimum Gasteiger partial charge on any atom is -0.324 e. The molecule has 3 aromatic rings. The predicted molar refractivity (Wildman–Crippen MR) is 119 cm³/mol. The SMILES string of the molecule is CN(C(=O)n1cnc(-c2ccccc2)c1)C1CCN(S(=O)(=O)c2cccc(C(F)(F)F)c2)CC1. The summed E-state index contributed by atoms with van der Waals surface area (Å²) in [6.45, 7) is 0.195. The Labute approximate surface area is 195 Å². The van der Waals surface area contributed by atoms with E-state index < -0.39 is 26.7 Å². The Kier molecular flexibility index (Phi) is 6.50. The van der Waals surface area contributed by atoms with Crippen molar-refractivity contribution in [2.75, 3.05) is 20.1 Å². The van der Waals surface area contributed by atoms with Crippen molar-refractivity contribution in [1.82, 2.24) is 18.8 Å². The number of amides is 1. The molecular weight excluding hydrogens is 469 g/mol. The van der Waals surface area contributed by atoms with Crippen LogP contribution in [0.2, 0.25) is 0 Å². The maximum absolute atomic E-state index is 13.0. The van der Waals surface area contributed by atoms with Crippen molar-refractivity contribution in [2.24, 2.45) is 0 Å². The molecule has 0 unspecified atom stereocenters. The van der Waals surface area contributed by atoms with E-state index in [1.54, 1.807) is 18.1 Å². The predicted octanol–water partition coefficient (Wildman–Crippen LogP) is 4.32. The fourth-order valence-electron chi connectivity index (χ4n) is 3.98. The molecule has 1 saturated heterocycles. The van der Waals surface area contributed by atoms with E-state index in [1.807, 2.05) is 30.3 Å². The van der Waals surface area contributed by atoms with Crippen LogP contribution in [0.5, 0.6) is 0 Å². The summed E-state index contributed by atoms with van der Waals surface area (Å²) in [4.78, 5) is 18.4. The number of carbonyl (C=O) groups excluding carboxylic acids is 1. The molecule has 2 heterocycles. The standard InChI is InChI=1S/C23H23F3N4O3S/c1-28(22(31)29-15-21(27-16-29)17-6-3-2-4-7-17)19-10-12-30(13-11-19)34(32,33)20-9-5-8-18(14-20)23(24,25)26/h2-9,14-16,19H,10-13H2,1H3. The normalized spacial score (nSPS) is 15.9. The molecule has 0 bridgehead atoms. The highest BCUT2D eigenvalue weighted by Gasteiger charge is 2.35. The Morgan fingerprint density at radius 2 is 1.74 bits per heavy atom. The summed E-state index contributed by atoms with van der Waals surface area (Å²) in [6, 6.07) is 12.6. The van der Waals surface area contributed by atoms with E-state index in [1.165, 1.54) is 15.2 Å². The Balaban J connectivity index is 1.41. The zero-order chi connectivity index (χ0) is 24.5.